The molecule has 0 saturated carbocycles. The van der Waals surface area contributed by atoms with Gasteiger partial charge in [0.2, 0.25) is 5.91 Å². The topological polar surface area (TPSA) is 81.1 Å². The van der Waals surface area contributed by atoms with E-state index in [-0.39, 0.29) is 24.5 Å². The summed E-state index contributed by atoms with van der Waals surface area (Å²) >= 11 is 0. The zero-order valence-corrected chi connectivity index (χ0v) is 12.3. The van der Waals surface area contributed by atoms with Crippen molar-refractivity contribution < 1.29 is 9.53 Å². The largest absolute Gasteiger partial charge is 0.375 e. The van der Waals surface area contributed by atoms with Gasteiger partial charge in [-0.15, -0.1) is 10.2 Å². The molecule has 0 spiro atoms. The van der Waals surface area contributed by atoms with Crippen LogP contribution in [0.4, 0.5) is 0 Å². The van der Waals surface area contributed by atoms with Gasteiger partial charge in [-0.1, -0.05) is 13.8 Å². The fraction of sp³-hybridized carbons (Fsp3) is 0.769. The maximum Gasteiger partial charge on any atom is 0.246 e. The number of nitrogens with zero attached hydrogens (tertiary/aromatic N) is 3. The minimum Gasteiger partial charge on any atom is -0.375 e. The van der Waals surface area contributed by atoms with Gasteiger partial charge >= 0.3 is 0 Å². The normalized spacial score (nSPS) is 16.6. The van der Waals surface area contributed by atoms with E-state index in [1.807, 2.05) is 0 Å². The van der Waals surface area contributed by atoms with Crippen LogP contribution in [-0.4, -0.2) is 47.5 Å². The van der Waals surface area contributed by atoms with Gasteiger partial charge in [-0.3, -0.25) is 4.79 Å². The Morgan fingerprint density at radius 1 is 1.45 bits per heavy atom. The number of carbonyl (C=O) groups excluding carboxylic acids is 1. The van der Waals surface area contributed by atoms with Crippen molar-refractivity contribution in [2.24, 2.45) is 5.92 Å². The van der Waals surface area contributed by atoms with Gasteiger partial charge < -0.3 is 19.9 Å². The molecule has 1 aromatic rings. The van der Waals surface area contributed by atoms with Crippen molar-refractivity contribution in [2.75, 3.05) is 26.8 Å². The summed E-state index contributed by atoms with van der Waals surface area (Å²) in [7, 11) is 1.51. The van der Waals surface area contributed by atoms with Crippen LogP contribution in [0.2, 0.25) is 0 Å². The fourth-order valence-electron chi connectivity index (χ4n) is 2.40. The molecule has 7 heteroatoms. The van der Waals surface area contributed by atoms with Crippen molar-refractivity contribution in [2.45, 2.75) is 32.9 Å². The van der Waals surface area contributed by atoms with Gasteiger partial charge in [0.1, 0.15) is 12.4 Å². The molecular formula is C13H23N5O2. The number of methoxy groups -OCH3 is 1. The number of ether oxygens (including phenoxy) is 1. The molecule has 1 aliphatic heterocycles. The van der Waals surface area contributed by atoms with E-state index in [1.165, 1.54) is 7.11 Å². The maximum atomic E-state index is 11.8. The molecule has 2 heterocycles. The van der Waals surface area contributed by atoms with E-state index in [2.05, 4.69) is 39.2 Å². The summed E-state index contributed by atoms with van der Waals surface area (Å²) in [6, 6.07) is -0.142. The SMILES string of the molecule is COCC(=O)N[C@@H](c1nnc2n1CCNCC2)C(C)C. The van der Waals surface area contributed by atoms with Gasteiger partial charge in [0.05, 0.1) is 6.04 Å². The third kappa shape index (κ3) is 3.34. The molecule has 0 unspecified atom stereocenters. The molecule has 0 bridgehead atoms. The van der Waals surface area contributed by atoms with Crippen molar-refractivity contribution >= 4 is 5.91 Å². The van der Waals surface area contributed by atoms with Gasteiger partial charge in [0.25, 0.3) is 0 Å². The second kappa shape index (κ2) is 6.81. The number of carbonyl (C=O) groups is 1. The van der Waals surface area contributed by atoms with E-state index in [9.17, 15) is 4.79 Å². The molecule has 0 fully saturated rings. The quantitative estimate of drug-likeness (QED) is 0.786. The molecule has 1 amide bonds. The van der Waals surface area contributed by atoms with Gasteiger partial charge in [0, 0.05) is 33.2 Å². The monoisotopic (exact) mass is 281 g/mol. The van der Waals surface area contributed by atoms with E-state index < -0.39 is 0 Å². The highest BCUT2D eigenvalue weighted by Gasteiger charge is 2.26. The van der Waals surface area contributed by atoms with Crippen LogP contribution in [0.1, 0.15) is 31.5 Å². The van der Waals surface area contributed by atoms with Crippen LogP contribution in [0.5, 0.6) is 0 Å². The highest BCUT2D eigenvalue weighted by atomic mass is 16.5. The minimum atomic E-state index is -0.142. The van der Waals surface area contributed by atoms with E-state index in [0.717, 1.165) is 37.7 Å². The summed E-state index contributed by atoms with van der Waals surface area (Å²) in [4.78, 5) is 11.8. The molecular weight excluding hydrogens is 258 g/mol. The highest BCUT2D eigenvalue weighted by Crippen LogP contribution is 2.21. The summed E-state index contributed by atoms with van der Waals surface area (Å²) in [6.45, 7) is 6.84. The van der Waals surface area contributed by atoms with E-state index in [0.29, 0.717) is 0 Å². The Labute approximate surface area is 119 Å². The average molecular weight is 281 g/mol. The maximum absolute atomic E-state index is 11.8. The van der Waals surface area contributed by atoms with Crippen molar-refractivity contribution in [3.05, 3.63) is 11.6 Å². The number of fused-ring (bicyclic) bond motifs is 1. The third-order valence-corrected chi connectivity index (χ3v) is 3.43. The van der Waals surface area contributed by atoms with E-state index in [1.54, 1.807) is 0 Å². The van der Waals surface area contributed by atoms with Gasteiger partial charge in [0.15, 0.2) is 5.82 Å². The van der Waals surface area contributed by atoms with Crippen molar-refractivity contribution in [3.8, 4) is 0 Å². The molecule has 20 heavy (non-hydrogen) atoms. The molecule has 0 radical (unpaired) electrons. The Balaban J connectivity index is 2.21. The molecule has 1 atom stereocenters. The van der Waals surface area contributed by atoms with Crippen LogP contribution in [0.25, 0.3) is 0 Å². The van der Waals surface area contributed by atoms with Crippen LogP contribution in [0.15, 0.2) is 0 Å². The number of amides is 1. The number of nitrogens with one attached hydrogen (secondary N) is 2. The van der Waals surface area contributed by atoms with Crippen LogP contribution in [-0.2, 0) is 22.5 Å². The molecule has 0 aliphatic carbocycles. The Morgan fingerprint density at radius 2 is 2.25 bits per heavy atom. The number of aromatic nitrogens is 3. The van der Waals surface area contributed by atoms with Gasteiger partial charge in [-0.05, 0) is 5.92 Å². The number of hydrogen-bond acceptors (Lipinski definition) is 5. The second-order valence-electron chi connectivity index (χ2n) is 5.35. The first kappa shape index (κ1) is 14.9. The Hall–Kier alpha value is -1.47. The smallest absolute Gasteiger partial charge is 0.246 e. The molecule has 0 aromatic carbocycles. The van der Waals surface area contributed by atoms with Crippen molar-refractivity contribution in [1.82, 2.24) is 25.4 Å². The van der Waals surface area contributed by atoms with Crippen molar-refractivity contribution in [1.29, 1.82) is 0 Å². The predicted molar refractivity (Wildman–Crippen MR) is 74.2 cm³/mol. The van der Waals surface area contributed by atoms with Crippen molar-refractivity contribution in [3.63, 3.8) is 0 Å². The third-order valence-electron chi connectivity index (χ3n) is 3.43. The summed E-state index contributed by atoms with van der Waals surface area (Å²) in [5.74, 6) is 1.93. The number of hydrogen-bond donors (Lipinski definition) is 2. The average Bonchev–Trinajstić information content (AvgIpc) is 2.65. The fourth-order valence-corrected chi connectivity index (χ4v) is 2.40. The Morgan fingerprint density at radius 3 is 2.95 bits per heavy atom. The molecule has 112 valence electrons. The minimum absolute atomic E-state index is 0.0613. The van der Waals surface area contributed by atoms with Crippen LogP contribution < -0.4 is 10.6 Å². The molecule has 0 saturated heterocycles. The summed E-state index contributed by atoms with van der Waals surface area (Å²) in [5, 5.41) is 14.9. The lowest BCUT2D eigenvalue weighted by Crippen LogP contribution is -2.36. The van der Waals surface area contributed by atoms with Gasteiger partial charge in [-0.2, -0.15) is 0 Å². The first-order valence-electron chi connectivity index (χ1n) is 7.04. The molecule has 1 aromatic heterocycles. The zero-order valence-electron chi connectivity index (χ0n) is 12.3. The highest BCUT2D eigenvalue weighted by molar-refractivity contribution is 5.77. The molecule has 7 nitrogen and oxygen atoms in total. The van der Waals surface area contributed by atoms with Gasteiger partial charge in [-0.25, -0.2) is 0 Å². The lowest BCUT2D eigenvalue weighted by atomic mass is 10.0. The molecule has 2 N–H and O–H groups in total. The standard InChI is InChI=1S/C13H23N5O2/c1-9(2)12(15-11(19)8-20-3)13-17-16-10-4-5-14-6-7-18(10)13/h9,12,14H,4-8H2,1-3H3,(H,15,19)/t12-/m1/s1. The van der Waals surface area contributed by atoms with Crippen LogP contribution >= 0.6 is 0 Å². The summed E-state index contributed by atoms with van der Waals surface area (Å²) < 4.78 is 6.99. The molecule has 1 aliphatic rings. The first-order chi connectivity index (χ1) is 9.63. The number of rotatable bonds is 5. The Kier molecular flexibility index (Phi) is 5.08. The predicted octanol–water partition coefficient (Wildman–Crippen LogP) is -0.116. The van der Waals surface area contributed by atoms with E-state index >= 15 is 0 Å². The summed E-state index contributed by atoms with van der Waals surface area (Å²) in [6.07, 6.45) is 0.865. The first-order valence-corrected chi connectivity index (χ1v) is 7.04. The zero-order chi connectivity index (χ0) is 14.5. The molecule has 2 rings (SSSR count). The lowest BCUT2D eigenvalue weighted by Gasteiger charge is -2.22. The van der Waals surface area contributed by atoms with Crippen LogP contribution in [0.3, 0.4) is 0 Å². The van der Waals surface area contributed by atoms with Crippen LogP contribution in [0, 0.1) is 5.92 Å². The summed E-state index contributed by atoms with van der Waals surface area (Å²) in [5.41, 5.74) is 0. The van der Waals surface area contributed by atoms with E-state index in [4.69, 9.17) is 4.74 Å². The lowest BCUT2D eigenvalue weighted by molar-refractivity contribution is -0.125. The second-order valence-corrected chi connectivity index (χ2v) is 5.35. The Bertz CT molecular complexity index is 458.